The highest BCUT2D eigenvalue weighted by atomic mass is 32.1. The van der Waals surface area contributed by atoms with Crippen LogP contribution < -0.4 is 5.73 Å². The Morgan fingerprint density at radius 1 is 1.38 bits per heavy atom. The number of carbonyl (C=O) groups is 1. The van der Waals surface area contributed by atoms with Crippen molar-refractivity contribution in [1.82, 2.24) is 9.88 Å². The van der Waals surface area contributed by atoms with E-state index >= 15 is 0 Å². The van der Waals surface area contributed by atoms with Crippen LogP contribution in [0.25, 0.3) is 0 Å². The number of anilines is 1. The van der Waals surface area contributed by atoms with E-state index in [1.54, 1.807) is 0 Å². The predicted molar refractivity (Wildman–Crippen MR) is 87.3 cm³/mol. The van der Waals surface area contributed by atoms with E-state index in [4.69, 9.17) is 5.73 Å². The normalized spacial score (nSPS) is 12.1. The van der Waals surface area contributed by atoms with Crippen LogP contribution in [0.3, 0.4) is 0 Å². The van der Waals surface area contributed by atoms with Crippen LogP contribution in [0.1, 0.15) is 41.2 Å². The van der Waals surface area contributed by atoms with Crippen LogP contribution in [-0.2, 0) is 6.54 Å². The molecule has 1 amide bonds. The minimum atomic E-state index is 0.0138. The van der Waals surface area contributed by atoms with Crippen molar-refractivity contribution in [3.63, 3.8) is 0 Å². The summed E-state index contributed by atoms with van der Waals surface area (Å²) in [6, 6.07) is 10.2. The molecule has 2 rings (SSSR count). The van der Waals surface area contributed by atoms with Gasteiger partial charge in [-0.05, 0) is 25.8 Å². The van der Waals surface area contributed by atoms with Crippen molar-refractivity contribution in [2.75, 3.05) is 5.73 Å². The summed E-state index contributed by atoms with van der Waals surface area (Å²) in [4.78, 5) is 19.5. The number of nitrogens with two attached hydrogens (primary N) is 1. The molecule has 0 fully saturated rings. The Morgan fingerprint density at radius 3 is 2.57 bits per heavy atom. The van der Waals surface area contributed by atoms with Crippen LogP contribution in [-0.4, -0.2) is 21.8 Å². The molecule has 21 heavy (non-hydrogen) atoms. The minimum Gasteiger partial charge on any atom is -0.375 e. The maximum Gasteiger partial charge on any atom is 0.266 e. The van der Waals surface area contributed by atoms with Crippen molar-refractivity contribution in [1.29, 1.82) is 0 Å². The van der Waals surface area contributed by atoms with Gasteiger partial charge in [0.1, 0.15) is 4.88 Å². The van der Waals surface area contributed by atoms with Crippen molar-refractivity contribution < 1.29 is 4.79 Å². The number of benzene rings is 1. The highest BCUT2D eigenvalue weighted by Crippen LogP contribution is 2.24. The molecule has 0 saturated carbocycles. The molecular weight excluding hydrogens is 282 g/mol. The summed E-state index contributed by atoms with van der Waals surface area (Å²) in [6.45, 7) is 6.59. The minimum absolute atomic E-state index is 0.0138. The standard InChI is InChI=1S/C16H21N3OS/c1-4-11(2)19(10-13-8-6-5-7-9-13)15(20)14-12(3)18-16(17)21-14/h5-9,11H,4,10H2,1-3H3,(H2,17,18). The van der Waals surface area contributed by atoms with Crippen molar-refractivity contribution in [2.45, 2.75) is 39.8 Å². The van der Waals surface area contributed by atoms with Gasteiger partial charge in [-0.3, -0.25) is 4.79 Å². The third-order valence-electron chi connectivity index (χ3n) is 3.59. The van der Waals surface area contributed by atoms with Gasteiger partial charge < -0.3 is 10.6 Å². The Bertz CT molecular complexity index is 609. The molecule has 5 heteroatoms. The largest absolute Gasteiger partial charge is 0.375 e. The lowest BCUT2D eigenvalue weighted by Crippen LogP contribution is -2.37. The molecule has 1 aromatic carbocycles. The number of thiazole rings is 1. The van der Waals surface area contributed by atoms with Crippen molar-refractivity contribution in [3.8, 4) is 0 Å². The summed E-state index contributed by atoms with van der Waals surface area (Å²) in [7, 11) is 0. The lowest BCUT2D eigenvalue weighted by atomic mass is 10.1. The van der Waals surface area contributed by atoms with Gasteiger partial charge in [-0.1, -0.05) is 48.6 Å². The zero-order valence-corrected chi connectivity index (χ0v) is 13.5. The Morgan fingerprint density at radius 2 is 2.05 bits per heavy atom. The zero-order chi connectivity index (χ0) is 15.4. The number of hydrogen-bond acceptors (Lipinski definition) is 4. The number of aromatic nitrogens is 1. The first-order valence-electron chi connectivity index (χ1n) is 7.10. The molecule has 2 N–H and O–H groups in total. The molecule has 0 spiro atoms. The fourth-order valence-electron chi connectivity index (χ4n) is 2.17. The second kappa shape index (κ2) is 6.72. The number of amides is 1. The van der Waals surface area contributed by atoms with Crippen molar-refractivity contribution in [3.05, 3.63) is 46.5 Å². The topological polar surface area (TPSA) is 59.2 Å². The highest BCUT2D eigenvalue weighted by Gasteiger charge is 2.24. The first kappa shape index (κ1) is 15.5. The number of rotatable bonds is 5. The van der Waals surface area contributed by atoms with Gasteiger partial charge in [-0.15, -0.1) is 0 Å². The maximum absolute atomic E-state index is 12.8. The second-order valence-electron chi connectivity index (χ2n) is 5.14. The van der Waals surface area contributed by atoms with Crippen LogP contribution in [0.15, 0.2) is 30.3 Å². The molecule has 0 aliphatic carbocycles. The van der Waals surface area contributed by atoms with Gasteiger partial charge in [0.15, 0.2) is 5.13 Å². The van der Waals surface area contributed by atoms with Crippen molar-refractivity contribution in [2.24, 2.45) is 0 Å². The summed E-state index contributed by atoms with van der Waals surface area (Å²) in [5.74, 6) is 0.0138. The van der Waals surface area contributed by atoms with Crippen LogP contribution in [0, 0.1) is 6.92 Å². The number of aryl methyl sites for hydroxylation is 1. The Kier molecular flexibility index (Phi) is 4.96. The molecule has 0 bridgehead atoms. The van der Waals surface area contributed by atoms with E-state index in [1.165, 1.54) is 11.3 Å². The number of carbonyl (C=O) groups excluding carboxylic acids is 1. The third kappa shape index (κ3) is 3.61. The lowest BCUT2D eigenvalue weighted by Gasteiger charge is -2.28. The van der Waals surface area contributed by atoms with Crippen molar-refractivity contribution >= 4 is 22.4 Å². The number of hydrogen-bond donors (Lipinski definition) is 1. The van der Waals surface area contributed by atoms with Crippen LogP contribution in [0.4, 0.5) is 5.13 Å². The van der Waals surface area contributed by atoms with Gasteiger partial charge in [0.05, 0.1) is 5.69 Å². The summed E-state index contributed by atoms with van der Waals surface area (Å²) >= 11 is 1.26. The average Bonchev–Trinajstić information content (AvgIpc) is 2.83. The monoisotopic (exact) mass is 303 g/mol. The van der Waals surface area contributed by atoms with Gasteiger partial charge in [0.25, 0.3) is 5.91 Å². The first-order valence-corrected chi connectivity index (χ1v) is 7.92. The molecule has 1 heterocycles. The second-order valence-corrected chi connectivity index (χ2v) is 6.17. The van der Waals surface area contributed by atoms with Gasteiger partial charge in [-0.25, -0.2) is 4.98 Å². The summed E-state index contributed by atoms with van der Waals surface area (Å²) in [5.41, 5.74) is 7.55. The van der Waals surface area contributed by atoms with E-state index in [1.807, 2.05) is 42.2 Å². The molecule has 0 aliphatic rings. The van der Waals surface area contributed by atoms with Gasteiger partial charge >= 0.3 is 0 Å². The molecule has 0 saturated heterocycles. The highest BCUT2D eigenvalue weighted by molar-refractivity contribution is 7.17. The van der Waals surface area contributed by atoms with E-state index < -0.39 is 0 Å². The molecule has 1 unspecified atom stereocenters. The van der Waals surface area contributed by atoms with Gasteiger partial charge in [0, 0.05) is 12.6 Å². The van der Waals surface area contributed by atoms with E-state index in [9.17, 15) is 4.79 Å². The SMILES string of the molecule is CCC(C)N(Cc1ccccc1)C(=O)c1sc(N)nc1C. The average molecular weight is 303 g/mol. The quantitative estimate of drug-likeness (QED) is 0.920. The first-order chi connectivity index (χ1) is 10.0. The summed E-state index contributed by atoms with van der Waals surface area (Å²) in [5, 5.41) is 0.444. The Hall–Kier alpha value is -1.88. The van der Waals surface area contributed by atoms with Crippen LogP contribution in [0.5, 0.6) is 0 Å². The summed E-state index contributed by atoms with van der Waals surface area (Å²) < 4.78 is 0. The smallest absolute Gasteiger partial charge is 0.266 e. The van der Waals surface area contributed by atoms with E-state index in [0.29, 0.717) is 22.2 Å². The molecule has 4 nitrogen and oxygen atoms in total. The van der Waals surface area contributed by atoms with Crippen LogP contribution in [0.2, 0.25) is 0 Å². The Balaban J connectivity index is 2.28. The molecule has 1 aromatic heterocycles. The Labute approximate surface area is 129 Å². The van der Waals surface area contributed by atoms with Gasteiger partial charge in [0.2, 0.25) is 0 Å². The van der Waals surface area contributed by atoms with E-state index in [0.717, 1.165) is 12.0 Å². The van der Waals surface area contributed by atoms with E-state index in [-0.39, 0.29) is 11.9 Å². The predicted octanol–water partition coefficient (Wildman–Crippen LogP) is 3.47. The molecule has 112 valence electrons. The van der Waals surface area contributed by atoms with Gasteiger partial charge in [-0.2, -0.15) is 0 Å². The molecule has 1 atom stereocenters. The fraction of sp³-hybridized carbons (Fsp3) is 0.375. The number of nitrogen functional groups attached to an aromatic ring is 1. The molecular formula is C16H21N3OS. The number of nitrogens with zero attached hydrogens (tertiary/aromatic N) is 2. The molecule has 2 aromatic rings. The third-order valence-corrected chi connectivity index (χ3v) is 4.56. The van der Waals surface area contributed by atoms with Crippen LogP contribution >= 0.6 is 11.3 Å². The maximum atomic E-state index is 12.8. The zero-order valence-electron chi connectivity index (χ0n) is 12.7. The molecule has 0 radical (unpaired) electrons. The summed E-state index contributed by atoms with van der Waals surface area (Å²) in [6.07, 6.45) is 0.909. The lowest BCUT2D eigenvalue weighted by molar-refractivity contribution is 0.0675. The molecule has 0 aliphatic heterocycles. The van der Waals surface area contributed by atoms with E-state index in [2.05, 4.69) is 18.8 Å². The fourth-order valence-corrected chi connectivity index (χ4v) is 2.96.